The van der Waals surface area contributed by atoms with E-state index >= 15 is 0 Å². The summed E-state index contributed by atoms with van der Waals surface area (Å²) in [5, 5.41) is 8.59. The molecule has 25 heavy (non-hydrogen) atoms. The number of piperidine rings is 1. The van der Waals surface area contributed by atoms with Crippen molar-refractivity contribution >= 4 is 5.91 Å². The van der Waals surface area contributed by atoms with E-state index in [4.69, 9.17) is 0 Å². The number of hydrogen-bond acceptors (Lipinski definition) is 3. The fraction of sp³-hybridized carbons (Fsp3) is 0.850. The van der Waals surface area contributed by atoms with E-state index in [2.05, 4.69) is 35.3 Å². The third-order valence-corrected chi connectivity index (χ3v) is 5.68. The van der Waals surface area contributed by atoms with Gasteiger partial charge in [-0.2, -0.15) is 0 Å². The Morgan fingerprint density at radius 3 is 2.64 bits per heavy atom. The topological polar surface area (TPSA) is 51.0 Å². The van der Waals surface area contributed by atoms with Gasteiger partial charge in [0.25, 0.3) is 0 Å². The lowest BCUT2D eigenvalue weighted by Crippen LogP contribution is -2.44. The fourth-order valence-electron chi connectivity index (χ4n) is 4.40. The average Bonchev–Trinajstić information content (AvgIpc) is 2.85. The minimum absolute atomic E-state index is 0.283. The van der Waals surface area contributed by atoms with E-state index in [-0.39, 0.29) is 5.92 Å². The molecular formula is C20H34N4O. The van der Waals surface area contributed by atoms with Gasteiger partial charge in [0.1, 0.15) is 0 Å². The third kappa shape index (κ3) is 5.29. The first kappa shape index (κ1) is 18.4. The molecule has 0 spiro atoms. The average molecular weight is 347 g/mol. The molecule has 1 saturated heterocycles. The number of likely N-dealkylation sites (tertiary alicyclic amines) is 1. The molecule has 1 aliphatic carbocycles. The fourth-order valence-corrected chi connectivity index (χ4v) is 4.40. The highest BCUT2D eigenvalue weighted by atomic mass is 16.2. The van der Waals surface area contributed by atoms with Gasteiger partial charge in [-0.1, -0.05) is 44.7 Å². The van der Waals surface area contributed by atoms with Gasteiger partial charge < -0.3 is 4.90 Å². The summed E-state index contributed by atoms with van der Waals surface area (Å²) in [6.45, 7) is 7.14. The summed E-state index contributed by atoms with van der Waals surface area (Å²) in [6, 6.07) is 0. The predicted molar refractivity (Wildman–Crippen MR) is 99.1 cm³/mol. The molecule has 5 nitrogen and oxygen atoms in total. The van der Waals surface area contributed by atoms with E-state index in [1.54, 1.807) is 0 Å². The van der Waals surface area contributed by atoms with Crippen molar-refractivity contribution < 1.29 is 4.79 Å². The molecule has 1 amide bonds. The summed E-state index contributed by atoms with van der Waals surface area (Å²) in [5.74, 6) is 1.82. The molecule has 0 unspecified atom stereocenters. The van der Waals surface area contributed by atoms with Crippen molar-refractivity contribution in [3.05, 3.63) is 11.9 Å². The summed E-state index contributed by atoms with van der Waals surface area (Å²) < 4.78 is 1.99. The van der Waals surface area contributed by atoms with Gasteiger partial charge in [0.05, 0.1) is 5.69 Å². The maximum atomic E-state index is 12.9. The van der Waals surface area contributed by atoms with E-state index in [1.165, 1.54) is 32.1 Å². The Kier molecular flexibility index (Phi) is 6.49. The maximum Gasteiger partial charge on any atom is 0.225 e. The summed E-state index contributed by atoms with van der Waals surface area (Å²) in [4.78, 5) is 15.1. The normalized spacial score (nSPS) is 23.0. The van der Waals surface area contributed by atoms with Crippen LogP contribution in [0.5, 0.6) is 0 Å². The number of hydrogen-bond donors (Lipinski definition) is 0. The molecule has 2 fully saturated rings. The SMILES string of the molecule is CC(C)Cc1cn(C[C@H]2CCCN(C(=O)C3CCCCCC3)C2)nn1. The molecule has 1 aromatic rings. The molecule has 0 N–H and O–H groups in total. The van der Waals surface area contributed by atoms with Crippen molar-refractivity contribution in [1.29, 1.82) is 0 Å². The first-order valence-electron chi connectivity index (χ1n) is 10.3. The van der Waals surface area contributed by atoms with Crippen LogP contribution in [-0.4, -0.2) is 38.9 Å². The zero-order chi connectivity index (χ0) is 17.6. The second-order valence-corrected chi connectivity index (χ2v) is 8.51. The van der Waals surface area contributed by atoms with Gasteiger partial charge >= 0.3 is 0 Å². The molecule has 140 valence electrons. The second kappa shape index (κ2) is 8.81. The van der Waals surface area contributed by atoms with Gasteiger partial charge in [0.2, 0.25) is 5.91 Å². The van der Waals surface area contributed by atoms with Gasteiger partial charge in [-0.05, 0) is 43.9 Å². The smallest absolute Gasteiger partial charge is 0.225 e. The molecular weight excluding hydrogens is 312 g/mol. The van der Waals surface area contributed by atoms with Crippen molar-refractivity contribution in [1.82, 2.24) is 19.9 Å². The molecule has 1 aliphatic heterocycles. The zero-order valence-electron chi connectivity index (χ0n) is 16.0. The largest absolute Gasteiger partial charge is 0.342 e. The number of amides is 1. The Balaban J connectivity index is 1.53. The van der Waals surface area contributed by atoms with Gasteiger partial charge in [0.15, 0.2) is 0 Å². The molecule has 3 rings (SSSR count). The molecule has 1 aromatic heterocycles. The Morgan fingerprint density at radius 2 is 1.92 bits per heavy atom. The predicted octanol–water partition coefficient (Wildman–Crippen LogP) is 3.69. The van der Waals surface area contributed by atoms with E-state index in [0.29, 0.717) is 17.7 Å². The van der Waals surface area contributed by atoms with Crippen molar-refractivity contribution in [2.24, 2.45) is 17.8 Å². The molecule has 0 aromatic carbocycles. The molecule has 0 bridgehead atoms. The second-order valence-electron chi connectivity index (χ2n) is 8.51. The van der Waals surface area contributed by atoms with Crippen LogP contribution in [0.4, 0.5) is 0 Å². The first-order valence-corrected chi connectivity index (χ1v) is 10.3. The Morgan fingerprint density at radius 1 is 1.16 bits per heavy atom. The highest BCUT2D eigenvalue weighted by molar-refractivity contribution is 5.79. The van der Waals surface area contributed by atoms with Crippen LogP contribution in [0.2, 0.25) is 0 Å². The number of carbonyl (C=O) groups is 1. The summed E-state index contributed by atoms with van der Waals surface area (Å²) in [6.07, 6.45) is 12.6. The molecule has 5 heteroatoms. The number of nitrogens with zero attached hydrogens (tertiary/aromatic N) is 4. The summed E-state index contributed by atoms with van der Waals surface area (Å²) in [5.41, 5.74) is 1.08. The lowest BCUT2D eigenvalue weighted by Gasteiger charge is -2.34. The molecule has 1 saturated carbocycles. The van der Waals surface area contributed by atoms with E-state index in [9.17, 15) is 4.79 Å². The van der Waals surface area contributed by atoms with Crippen LogP contribution in [-0.2, 0) is 17.8 Å². The van der Waals surface area contributed by atoms with E-state index < -0.39 is 0 Å². The van der Waals surface area contributed by atoms with Crippen molar-refractivity contribution in [2.75, 3.05) is 13.1 Å². The van der Waals surface area contributed by atoms with Gasteiger partial charge in [-0.3, -0.25) is 9.48 Å². The Bertz CT molecular complexity index is 546. The molecule has 1 atom stereocenters. The van der Waals surface area contributed by atoms with E-state index in [0.717, 1.165) is 51.0 Å². The van der Waals surface area contributed by atoms with Gasteiger partial charge in [-0.15, -0.1) is 5.10 Å². The van der Waals surface area contributed by atoms with Crippen LogP contribution in [0.1, 0.15) is 70.9 Å². The Hall–Kier alpha value is -1.39. The standard InChI is InChI=1S/C20H34N4O/c1-16(2)12-19-15-24(22-21-19)14-17-8-7-11-23(13-17)20(25)18-9-5-3-4-6-10-18/h15-18H,3-14H2,1-2H3/t17-/m0/s1. The first-order chi connectivity index (χ1) is 12.1. The van der Waals surface area contributed by atoms with E-state index in [1.807, 2.05) is 4.68 Å². The lowest BCUT2D eigenvalue weighted by molar-refractivity contribution is -0.138. The van der Waals surface area contributed by atoms with Crippen LogP contribution in [0, 0.1) is 17.8 Å². The summed E-state index contributed by atoms with van der Waals surface area (Å²) >= 11 is 0. The van der Waals surface area contributed by atoms with Gasteiger partial charge in [-0.25, -0.2) is 0 Å². The summed E-state index contributed by atoms with van der Waals surface area (Å²) in [7, 11) is 0. The molecule has 2 aliphatic rings. The van der Waals surface area contributed by atoms with Crippen molar-refractivity contribution in [3.63, 3.8) is 0 Å². The van der Waals surface area contributed by atoms with Crippen LogP contribution in [0.25, 0.3) is 0 Å². The highest BCUT2D eigenvalue weighted by Gasteiger charge is 2.29. The van der Waals surface area contributed by atoms with Crippen molar-refractivity contribution in [2.45, 2.75) is 78.2 Å². The third-order valence-electron chi connectivity index (χ3n) is 5.68. The highest BCUT2D eigenvalue weighted by Crippen LogP contribution is 2.27. The number of carbonyl (C=O) groups excluding carboxylic acids is 1. The van der Waals surface area contributed by atoms with Crippen LogP contribution in [0.15, 0.2) is 6.20 Å². The van der Waals surface area contributed by atoms with Crippen LogP contribution < -0.4 is 0 Å². The quantitative estimate of drug-likeness (QED) is 0.764. The number of aromatic nitrogens is 3. The van der Waals surface area contributed by atoms with Gasteiger partial charge in [0, 0.05) is 31.7 Å². The van der Waals surface area contributed by atoms with Crippen LogP contribution >= 0.6 is 0 Å². The molecule has 0 radical (unpaired) electrons. The Labute approximate surface area is 152 Å². The minimum Gasteiger partial charge on any atom is -0.342 e. The molecule has 2 heterocycles. The zero-order valence-corrected chi connectivity index (χ0v) is 16.0. The number of rotatable bonds is 5. The maximum absolute atomic E-state index is 12.9. The lowest BCUT2D eigenvalue weighted by atomic mass is 9.94. The van der Waals surface area contributed by atoms with Crippen LogP contribution in [0.3, 0.4) is 0 Å². The van der Waals surface area contributed by atoms with Crippen molar-refractivity contribution in [3.8, 4) is 0 Å². The minimum atomic E-state index is 0.283. The monoisotopic (exact) mass is 346 g/mol.